The summed E-state index contributed by atoms with van der Waals surface area (Å²) < 4.78 is 5.48. The molecule has 1 aromatic heterocycles. The minimum atomic E-state index is -1.11. The Bertz CT molecular complexity index is 538. The number of aromatic nitrogens is 2. The molecule has 0 bridgehead atoms. The van der Waals surface area contributed by atoms with Gasteiger partial charge in [-0.05, 0) is 18.6 Å². The van der Waals surface area contributed by atoms with Crippen molar-refractivity contribution in [3.05, 3.63) is 47.9 Å². The first kappa shape index (κ1) is 11.1. The van der Waals surface area contributed by atoms with Crippen LogP contribution in [0.15, 0.2) is 36.7 Å². The number of carbonyl (C=O) groups is 1. The normalized spacial score (nSPS) is 9.94. The lowest BCUT2D eigenvalue weighted by Gasteiger charge is -2.06. The first-order chi connectivity index (χ1) is 8.16. The van der Waals surface area contributed by atoms with E-state index >= 15 is 0 Å². The van der Waals surface area contributed by atoms with E-state index < -0.39 is 5.97 Å². The van der Waals surface area contributed by atoms with Crippen molar-refractivity contribution in [2.45, 2.75) is 6.92 Å². The molecule has 0 aliphatic heterocycles. The van der Waals surface area contributed by atoms with Crippen molar-refractivity contribution >= 4 is 5.97 Å². The number of nitrogens with zero attached hydrogens (tertiary/aromatic N) is 2. The molecule has 86 valence electrons. The predicted octanol–water partition coefficient (Wildman–Crippen LogP) is 2.28. The maximum Gasteiger partial charge on any atom is 0.356 e. The molecule has 0 radical (unpaired) electrons. The van der Waals surface area contributed by atoms with E-state index in [0.717, 1.165) is 11.8 Å². The molecule has 1 aromatic carbocycles. The Morgan fingerprint density at radius 3 is 2.59 bits per heavy atom. The maximum absolute atomic E-state index is 10.6. The molecule has 0 atom stereocenters. The molecule has 0 saturated heterocycles. The van der Waals surface area contributed by atoms with E-state index in [1.54, 1.807) is 0 Å². The van der Waals surface area contributed by atoms with Gasteiger partial charge in [0, 0.05) is 0 Å². The van der Waals surface area contributed by atoms with Crippen LogP contribution in [0, 0.1) is 6.92 Å². The Labute approximate surface area is 97.7 Å². The second-order valence-corrected chi connectivity index (χ2v) is 3.41. The first-order valence-electron chi connectivity index (χ1n) is 4.95. The summed E-state index contributed by atoms with van der Waals surface area (Å²) in [4.78, 5) is 18.2. The number of rotatable bonds is 3. The number of ether oxygens (including phenoxy) is 1. The summed E-state index contributed by atoms with van der Waals surface area (Å²) in [6.45, 7) is 1.91. The maximum atomic E-state index is 10.6. The number of carboxylic acid groups (broad SMARTS) is 1. The monoisotopic (exact) mass is 230 g/mol. The van der Waals surface area contributed by atoms with Gasteiger partial charge >= 0.3 is 5.97 Å². The number of hydrogen-bond acceptors (Lipinski definition) is 4. The van der Waals surface area contributed by atoms with Crippen LogP contribution in [0.25, 0.3) is 0 Å². The second kappa shape index (κ2) is 4.61. The Balaban J connectivity index is 2.20. The van der Waals surface area contributed by atoms with E-state index in [4.69, 9.17) is 9.84 Å². The van der Waals surface area contributed by atoms with Gasteiger partial charge in [-0.3, -0.25) is 0 Å². The smallest absolute Gasteiger partial charge is 0.356 e. The van der Waals surface area contributed by atoms with Crippen LogP contribution in [0.3, 0.4) is 0 Å². The summed E-state index contributed by atoms with van der Waals surface area (Å²) in [5, 5.41) is 8.67. The van der Waals surface area contributed by atoms with Gasteiger partial charge in [-0.15, -0.1) is 0 Å². The third-order valence-electron chi connectivity index (χ3n) is 2.16. The number of aromatic carboxylic acids is 1. The van der Waals surface area contributed by atoms with Crippen LogP contribution in [0.2, 0.25) is 0 Å². The van der Waals surface area contributed by atoms with Gasteiger partial charge in [0.25, 0.3) is 0 Å². The average molecular weight is 230 g/mol. The van der Waals surface area contributed by atoms with Crippen LogP contribution in [-0.4, -0.2) is 21.0 Å². The van der Waals surface area contributed by atoms with E-state index in [-0.39, 0.29) is 11.6 Å². The van der Waals surface area contributed by atoms with Crippen molar-refractivity contribution in [3.63, 3.8) is 0 Å². The highest BCUT2D eigenvalue weighted by Gasteiger charge is 2.06. The van der Waals surface area contributed by atoms with Crippen LogP contribution in [0.1, 0.15) is 16.1 Å². The standard InChI is InChI=1S/C12H10N2O3/c1-8-4-2-3-5-10(8)17-11-7-13-9(6-14-11)12(15)16/h2-7H,1H3,(H,15,16). The van der Waals surface area contributed by atoms with Crippen LogP contribution in [0.5, 0.6) is 11.6 Å². The van der Waals surface area contributed by atoms with Crippen LogP contribution < -0.4 is 4.74 Å². The third kappa shape index (κ3) is 2.57. The molecule has 2 rings (SSSR count). The molecule has 0 spiro atoms. The van der Waals surface area contributed by atoms with Crippen LogP contribution in [0.4, 0.5) is 0 Å². The number of para-hydroxylation sites is 1. The van der Waals surface area contributed by atoms with Crippen molar-refractivity contribution in [1.29, 1.82) is 0 Å². The Hall–Kier alpha value is -2.43. The molecule has 17 heavy (non-hydrogen) atoms. The molecule has 0 fully saturated rings. The lowest BCUT2D eigenvalue weighted by Crippen LogP contribution is -2.01. The van der Waals surface area contributed by atoms with Crippen molar-refractivity contribution in [2.75, 3.05) is 0 Å². The summed E-state index contributed by atoms with van der Waals surface area (Å²) >= 11 is 0. The van der Waals surface area contributed by atoms with Crippen molar-refractivity contribution in [3.8, 4) is 11.6 Å². The molecule has 0 aliphatic rings. The Kier molecular flexibility index (Phi) is 3.00. The third-order valence-corrected chi connectivity index (χ3v) is 2.16. The lowest BCUT2D eigenvalue weighted by molar-refractivity contribution is 0.0690. The number of hydrogen-bond donors (Lipinski definition) is 1. The Morgan fingerprint density at radius 2 is 2.00 bits per heavy atom. The molecule has 0 amide bonds. The van der Waals surface area contributed by atoms with Gasteiger partial charge < -0.3 is 9.84 Å². The number of benzene rings is 1. The van der Waals surface area contributed by atoms with Gasteiger partial charge in [-0.2, -0.15) is 0 Å². The minimum absolute atomic E-state index is 0.109. The van der Waals surface area contributed by atoms with Gasteiger partial charge in [-0.1, -0.05) is 18.2 Å². The van der Waals surface area contributed by atoms with Crippen molar-refractivity contribution in [2.24, 2.45) is 0 Å². The van der Waals surface area contributed by atoms with Gasteiger partial charge in [0.2, 0.25) is 5.88 Å². The highest BCUT2D eigenvalue weighted by atomic mass is 16.5. The zero-order valence-electron chi connectivity index (χ0n) is 9.12. The predicted molar refractivity (Wildman–Crippen MR) is 60.2 cm³/mol. The SMILES string of the molecule is Cc1ccccc1Oc1cnc(C(=O)O)cn1. The van der Waals surface area contributed by atoms with Gasteiger partial charge in [0.15, 0.2) is 5.69 Å². The number of aryl methyl sites for hydroxylation is 1. The molecular formula is C12H10N2O3. The van der Waals surface area contributed by atoms with E-state index in [0.29, 0.717) is 5.75 Å². The molecule has 0 aliphatic carbocycles. The lowest BCUT2D eigenvalue weighted by atomic mass is 10.2. The fourth-order valence-electron chi connectivity index (χ4n) is 1.26. The van der Waals surface area contributed by atoms with E-state index in [2.05, 4.69) is 9.97 Å². The van der Waals surface area contributed by atoms with Crippen LogP contribution >= 0.6 is 0 Å². The molecule has 1 heterocycles. The molecule has 0 unspecified atom stereocenters. The minimum Gasteiger partial charge on any atom is -0.476 e. The summed E-state index contributed by atoms with van der Waals surface area (Å²) in [5.74, 6) is -0.172. The Morgan fingerprint density at radius 1 is 1.24 bits per heavy atom. The summed E-state index contributed by atoms with van der Waals surface area (Å²) in [7, 11) is 0. The highest BCUT2D eigenvalue weighted by Crippen LogP contribution is 2.22. The molecule has 5 nitrogen and oxygen atoms in total. The molecule has 0 saturated carbocycles. The van der Waals surface area contributed by atoms with E-state index in [9.17, 15) is 4.79 Å². The van der Waals surface area contributed by atoms with Gasteiger partial charge in [-0.25, -0.2) is 14.8 Å². The average Bonchev–Trinajstić information content (AvgIpc) is 2.33. The molecule has 5 heteroatoms. The molecule has 2 aromatic rings. The highest BCUT2D eigenvalue weighted by molar-refractivity contribution is 5.84. The summed E-state index contributed by atoms with van der Waals surface area (Å²) in [6, 6.07) is 7.47. The van der Waals surface area contributed by atoms with Crippen molar-refractivity contribution < 1.29 is 14.6 Å². The van der Waals surface area contributed by atoms with E-state index in [1.807, 2.05) is 31.2 Å². The molecule has 1 N–H and O–H groups in total. The van der Waals surface area contributed by atoms with E-state index in [1.165, 1.54) is 6.20 Å². The largest absolute Gasteiger partial charge is 0.476 e. The summed E-state index contributed by atoms with van der Waals surface area (Å²) in [5.41, 5.74) is 0.860. The second-order valence-electron chi connectivity index (χ2n) is 3.41. The molecular weight excluding hydrogens is 220 g/mol. The fourth-order valence-corrected chi connectivity index (χ4v) is 1.26. The fraction of sp³-hybridized carbons (Fsp3) is 0.0833. The van der Waals surface area contributed by atoms with Crippen LogP contribution in [-0.2, 0) is 0 Å². The quantitative estimate of drug-likeness (QED) is 0.875. The first-order valence-corrected chi connectivity index (χ1v) is 4.95. The van der Waals surface area contributed by atoms with Gasteiger partial charge in [0.1, 0.15) is 5.75 Å². The zero-order valence-corrected chi connectivity index (χ0v) is 9.12. The number of carboxylic acids is 1. The summed E-state index contributed by atoms with van der Waals surface area (Å²) in [6.07, 6.45) is 2.45. The topological polar surface area (TPSA) is 72.3 Å². The van der Waals surface area contributed by atoms with Gasteiger partial charge in [0.05, 0.1) is 12.4 Å². The zero-order chi connectivity index (χ0) is 12.3. The van der Waals surface area contributed by atoms with Crippen molar-refractivity contribution in [1.82, 2.24) is 9.97 Å².